The number of nitro groups is 1. The standard InChI is InChI=1S/C23H24Cl2N4O7/c1-23(2,3)36-22(32)28-10-8-27(9-11-28)21(31)35-19-7-4-14(24)12-16(19)20(30)26-18-6-5-15(29(33)34)13-17(18)25/h4-7,12-13H,8-11H2,1-3H3,(H,26,30). The van der Waals surface area contributed by atoms with Crippen LogP contribution in [-0.4, -0.2) is 64.6 Å². The van der Waals surface area contributed by atoms with Crippen molar-refractivity contribution in [3.05, 3.63) is 62.1 Å². The molecule has 1 aliphatic heterocycles. The third-order valence-corrected chi connectivity index (χ3v) is 5.53. The highest BCUT2D eigenvalue weighted by molar-refractivity contribution is 6.34. The first kappa shape index (κ1) is 27.0. The van der Waals surface area contributed by atoms with Crippen LogP contribution < -0.4 is 10.1 Å². The van der Waals surface area contributed by atoms with E-state index in [-0.39, 0.29) is 58.9 Å². The van der Waals surface area contributed by atoms with E-state index in [1.165, 1.54) is 40.1 Å². The van der Waals surface area contributed by atoms with E-state index in [9.17, 15) is 24.5 Å². The second-order valence-electron chi connectivity index (χ2n) is 8.84. The van der Waals surface area contributed by atoms with Crippen LogP contribution in [0.2, 0.25) is 10.0 Å². The number of anilines is 1. The second kappa shape index (κ2) is 11.0. The number of carbonyl (C=O) groups excluding carboxylic acids is 3. The van der Waals surface area contributed by atoms with Gasteiger partial charge in [-0.25, -0.2) is 9.59 Å². The van der Waals surface area contributed by atoms with Crippen LogP contribution in [0, 0.1) is 10.1 Å². The number of benzene rings is 2. The van der Waals surface area contributed by atoms with E-state index in [0.717, 1.165) is 6.07 Å². The largest absolute Gasteiger partial charge is 0.444 e. The quantitative estimate of drug-likeness (QED) is 0.417. The summed E-state index contributed by atoms with van der Waals surface area (Å²) in [6.45, 7) is 6.26. The molecule has 0 bridgehead atoms. The molecule has 1 aliphatic rings. The van der Waals surface area contributed by atoms with Crippen LogP contribution in [0.5, 0.6) is 5.75 Å². The number of nitrogens with one attached hydrogen (secondary N) is 1. The number of nitrogens with zero attached hydrogens (tertiary/aromatic N) is 3. The van der Waals surface area contributed by atoms with Crippen molar-refractivity contribution in [3.8, 4) is 5.75 Å². The molecule has 0 aromatic heterocycles. The maximum Gasteiger partial charge on any atom is 0.415 e. The van der Waals surface area contributed by atoms with Crippen molar-refractivity contribution in [2.45, 2.75) is 26.4 Å². The Kier molecular flexibility index (Phi) is 8.26. The van der Waals surface area contributed by atoms with Crippen molar-refractivity contribution in [2.24, 2.45) is 0 Å². The first-order valence-electron chi connectivity index (χ1n) is 10.8. The molecule has 1 heterocycles. The first-order chi connectivity index (χ1) is 16.8. The van der Waals surface area contributed by atoms with Crippen molar-refractivity contribution in [2.75, 3.05) is 31.5 Å². The van der Waals surface area contributed by atoms with Crippen molar-refractivity contribution in [3.63, 3.8) is 0 Å². The summed E-state index contributed by atoms with van der Waals surface area (Å²) in [5.41, 5.74) is -0.778. The third-order valence-electron chi connectivity index (χ3n) is 4.98. The number of hydrogen-bond acceptors (Lipinski definition) is 7. The Balaban J connectivity index is 1.68. The number of rotatable bonds is 4. The van der Waals surface area contributed by atoms with Crippen LogP contribution in [0.25, 0.3) is 0 Å². The summed E-state index contributed by atoms with van der Waals surface area (Å²) in [5.74, 6) is -0.736. The van der Waals surface area contributed by atoms with Gasteiger partial charge in [0.05, 0.1) is 21.2 Å². The monoisotopic (exact) mass is 538 g/mol. The van der Waals surface area contributed by atoms with Crippen LogP contribution in [-0.2, 0) is 4.74 Å². The Bertz CT molecular complexity index is 1190. The lowest BCUT2D eigenvalue weighted by atomic mass is 10.1. The molecule has 13 heteroatoms. The number of hydrogen-bond donors (Lipinski definition) is 1. The summed E-state index contributed by atoms with van der Waals surface area (Å²) in [6, 6.07) is 7.74. The molecule has 0 spiro atoms. The Hall–Kier alpha value is -3.57. The minimum atomic E-state index is -0.705. The molecule has 0 unspecified atom stereocenters. The van der Waals surface area contributed by atoms with Gasteiger partial charge in [0.25, 0.3) is 11.6 Å². The summed E-state index contributed by atoms with van der Waals surface area (Å²) in [6.07, 6.45) is -1.17. The molecule has 11 nitrogen and oxygen atoms in total. The highest BCUT2D eigenvalue weighted by Crippen LogP contribution is 2.29. The van der Waals surface area contributed by atoms with Gasteiger partial charge in [0.1, 0.15) is 11.4 Å². The molecule has 0 atom stereocenters. The van der Waals surface area contributed by atoms with Gasteiger partial charge < -0.3 is 24.6 Å². The zero-order valence-electron chi connectivity index (χ0n) is 19.7. The predicted molar refractivity (Wildman–Crippen MR) is 133 cm³/mol. The second-order valence-corrected chi connectivity index (χ2v) is 9.68. The molecule has 1 saturated heterocycles. The maximum absolute atomic E-state index is 12.9. The summed E-state index contributed by atoms with van der Waals surface area (Å²) < 4.78 is 10.8. The van der Waals surface area contributed by atoms with Gasteiger partial charge in [0.2, 0.25) is 0 Å². The van der Waals surface area contributed by atoms with E-state index >= 15 is 0 Å². The summed E-state index contributed by atoms with van der Waals surface area (Å²) in [7, 11) is 0. The average molecular weight is 539 g/mol. The number of halogens is 2. The van der Waals surface area contributed by atoms with Crippen LogP contribution in [0.3, 0.4) is 0 Å². The molecule has 2 aromatic rings. The predicted octanol–water partition coefficient (Wildman–Crippen LogP) is 5.21. The average Bonchev–Trinajstić information content (AvgIpc) is 2.80. The summed E-state index contributed by atoms with van der Waals surface area (Å²) in [5, 5.41) is 13.6. The number of nitro benzene ring substituents is 1. The highest BCUT2D eigenvalue weighted by Gasteiger charge is 2.29. The third kappa shape index (κ3) is 6.98. The molecule has 3 amide bonds. The molecular weight excluding hydrogens is 515 g/mol. The van der Waals surface area contributed by atoms with Gasteiger partial charge in [0, 0.05) is 43.3 Å². The number of piperazine rings is 1. The van der Waals surface area contributed by atoms with Crippen LogP contribution in [0.1, 0.15) is 31.1 Å². The number of ether oxygens (including phenoxy) is 2. The van der Waals surface area contributed by atoms with Gasteiger partial charge in [-0.3, -0.25) is 14.9 Å². The van der Waals surface area contributed by atoms with E-state index in [4.69, 9.17) is 32.7 Å². The Morgan fingerprint density at radius 1 is 0.972 bits per heavy atom. The molecule has 1 fully saturated rings. The molecule has 2 aromatic carbocycles. The van der Waals surface area contributed by atoms with Gasteiger partial charge in [-0.1, -0.05) is 23.2 Å². The van der Waals surface area contributed by atoms with Gasteiger partial charge in [-0.05, 0) is 45.0 Å². The molecule has 36 heavy (non-hydrogen) atoms. The van der Waals surface area contributed by atoms with Crippen molar-refractivity contribution in [1.82, 2.24) is 9.80 Å². The van der Waals surface area contributed by atoms with Crippen molar-refractivity contribution >= 4 is 52.7 Å². The number of amides is 3. The molecule has 0 radical (unpaired) electrons. The van der Waals surface area contributed by atoms with E-state index in [1.54, 1.807) is 20.8 Å². The molecule has 3 rings (SSSR count). The van der Waals surface area contributed by atoms with E-state index in [1.807, 2.05) is 0 Å². The van der Waals surface area contributed by atoms with E-state index in [2.05, 4.69) is 5.32 Å². The summed E-state index contributed by atoms with van der Waals surface area (Å²) >= 11 is 12.1. The Morgan fingerprint density at radius 2 is 1.58 bits per heavy atom. The first-order valence-corrected chi connectivity index (χ1v) is 11.6. The molecule has 0 saturated carbocycles. The normalized spacial score (nSPS) is 13.7. The lowest BCUT2D eigenvalue weighted by Gasteiger charge is -2.35. The van der Waals surface area contributed by atoms with Gasteiger partial charge in [0.15, 0.2) is 0 Å². The Labute approximate surface area is 217 Å². The smallest absolute Gasteiger partial charge is 0.415 e. The van der Waals surface area contributed by atoms with Gasteiger partial charge in [-0.2, -0.15) is 0 Å². The van der Waals surface area contributed by atoms with Crippen LogP contribution in [0.15, 0.2) is 36.4 Å². The highest BCUT2D eigenvalue weighted by atomic mass is 35.5. The Morgan fingerprint density at radius 3 is 2.14 bits per heavy atom. The fraction of sp³-hybridized carbons (Fsp3) is 0.348. The summed E-state index contributed by atoms with van der Waals surface area (Å²) in [4.78, 5) is 51.1. The molecule has 192 valence electrons. The van der Waals surface area contributed by atoms with Gasteiger partial charge in [-0.15, -0.1) is 0 Å². The SMILES string of the molecule is CC(C)(C)OC(=O)N1CCN(C(=O)Oc2ccc(Cl)cc2C(=O)Nc2ccc([N+](=O)[O-])cc2Cl)CC1. The topological polar surface area (TPSA) is 131 Å². The zero-order valence-corrected chi connectivity index (χ0v) is 21.3. The van der Waals surface area contributed by atoms with Gasteiger partial charge >= 0.3 is 12.2 Å². The van der Waals surface area contributed by atoms with E-state index in [0.29, 0.717) is 0 Å². The van der Waals surface area contributed by atoms with Crippen LogP contribution >= 0.6 is 23.2 Å². The minimum Gasteiger partial charge on any atom is -0.444 e. The zero-order chi connectivity index (χ0) is 26.6. The molecule has 0 aliphatic carbocycles. The number of carbonyl (C=O) groups is 3. The maximum atomic E-state index is 12.9. The van der Waals surface area contributed by atoms with E-state index < -0.39 is 28.6 Å². The van der Waals surface area contributed by atoms with Crippen LogP contribution in [0.4, 0.5) is 21.0 Å². The van der Waals surface area contributed by atoms with Crippen molar-refractivity contribution in [1.29, 1.82) is 0 Å². The number of non-ortho nitro benzene ring substituents is 1. The molecular formula is C23H24Cl2N4O7. The lowest BCUT2D eigenvalue weighted by molar-refractivity contribution is -0.384. The van der Waals surface area contributed by atoms with Crippen molar-refractivity contribution < 1.29 is 28.8 Å². The lowest BCUT2D eigenvalue weighted by Crippen LogP contribution is -2.52. The molecule has 1 N–H and O–H groups in total. The minimum absolute atomic E-state index is 0.0408. The fourth-order valence-corrected chi connectivity index (χ4v) is 3.63. The fourth-order valence-electron chi connectivity index (χ4n) is 3.23.